The minimum atomic E-state index is -0.497. The molecule has 0 aliphatic rings. The molecule has 0 unspecified atom stereocenters. The summed E-state index contributed by atoms with van der Waals surface area (Å²) in [4.78, 5) is 22.9. The molecular weight excluding hydrogens is 342 g/mol. The number of non-ortho nitro benzene ring substituents is 1. The van der Waals surface area contributed by atoms with Crippen LogP contribution in [-0.2, 0) is 0 Å². The molecule has 3 aromatic rings. The molecule has 6 nitrogen and oxygen atoms in total. The highest BCUT2D eigenvalue weighted by Gasteiger charge is 2.22. The Hall–Kier alpha value is -3.17. The summed E-state index contributed by atoms with van der Waals surface area (Å²) in [5, 5.41) is 20.5. The van der Waals surface area contributed by atoms with Gasteiger partial charge in [-0.2, -0.15) is 5.26 Å². The van der Waals surface area contributed by atoms with Gasteiger partial charge in [0, 0.05) is 34.5 Å². The summed E-state index contributed by atoms with van der Waals surface area (Å²) in [7, 11) is 0. The van der Waals surface area contributed by atoms with E-state index in [0.29, 0.717) is 27.7 Å². The lowest BCUT2D eigenvalue weighted by Gasteiger charge is -2.08. The van der Waals surface area contributed by atoms with Gasteiger partial charge in [0.1, 0.15) is 0 Å². The molecule has 0 amide bonds. The molecule has 1 aromatic heterocycles. The third-order valence-corrected chi connectivity index (χ3v) is 4.30. The van der Waals surface area contributed by atoms with Crippen molar-refractivity contribution in [2.24, 2.45) is 0 Å². The second-order valence-electron chi connectivity index (χ2n) is 5.47. The van der Waals surface area contributed by atoms with Crippen LogP contribution in [0.5, 0.6) is 0 Å². The molecule has 2 aromatic carbocycles. The van der Waals surface area contributed by atoms with Crippen LogP contribution in [0.25, 0.3) is 16.6 Å². The smallest absolute Gasteiger partial charge is 0.270 e. The normalized spacial score (nSPS) is 10.6. The predicted octanol–water partition coefficient (Wildman–Crippen LogP) is 4.14. The van der Waals surface area contributed by atoms with Crippen LogP contribution < -0.4 is 0 Å². The molecule has 0 saturated carbocycles. The van der Waals surface area contributed by atoms with Gasteiger partial charge in [-0.25, -0.2) is 0 Å². The van der Waals surface area contributed by atoms with Gasteiger partial charge in [-0.1, -0.05) is 0 Å². The van der Waals surface area contributed by atoms with Gasteiger partial charge < -0.3 is 4.57 Å². The summed E-state index contributed by atoms with van der Waals surface area (Å²) in [6.07, 6.45) is 0. The van der Waals surface area contributed by atoms with Gasteiger partial charge >= 0.3 is 0 Å². The highest BCUT2D eigenvalue weighted by molar-refractivity contribution is 6.32. The van der Waals surface area contributed by atoms with Crippen LogP contribution >= 0.6 is 11.6 Å². The SMILES string of the molecule is Cc1c(C(=O)CCl)c2cc([N+](=O)[O-])ccc2n1-c1ccc(C#N)cc1. The second-order valence-corrected chi connectivity index (χ2v) is 5.74. The number of aromatic nitrogens is 1. The number of carbonyl (C=O) groups excluding carboxylic acids is 1. The Kier molecular flexibility index (Phi) is 4.26. The number of nitrogens with zero attached hydrogens (tertiary/aromatic N) is 3. The van der Waals surface area contributed by atoms with Crippen LogP contribution in [-0.4, -0.2) is 21.2 Å². The monoisotopic (exact) mass is 353 g/mol. The maximum Gasteiger partial charge on any atom is 0.270 e. The van der Waals surface area contributed by atoms with Gasteiger partial charge in [0.2, 0.25) is 0 Å². The quantitative estimate of drug-likeness (QED) is 0.305. The van der Waals surface area contributed by atoms with Crippen molar-refractivity contribution in [2.45, 2.75) is 6.92 Å². The van der Waals surface area contributed by atoms with Crippen LogP contribution in [0.2, 0.25) is 0 Å². The molecule has 3 rings (SSSR count). The maximum absolute atomic E-state index is 12.3. The minimum Gasteiger partial charge on any atom is -0.313 e. The van der Waals surface area contributed by atoms with Gasteiger partial charge in [-0.3, -0.25) is 14.9 Å². The van der Waals surface area contributed by atoms with Gasteiger partial charge in [0.15, 0.2) is 5.78 Å². The Morgan fingerprint density at radius 3 is 2.52 bits per heavy atom. The minimum absolute atomic E-state index is 0.0897. The highest BCUT2D eigenvalue weighted by Crippen LogP contribution is 2.32. The summed E-state index contributed by atoms with van der Waals surface area (Å²) in [5.74, 6) is -0.507. The molecule has 0 fully saturated rings. The third kappa shape index (κ3) is 2.75. The molecule has 0 aliphatic carbocycles. The van der Waals surface area contributed by atoms with Crippen molar-refractivity contribution in [2.75, 3.05) is 5.88 Å². The zero-order valence-corrected chi connectivity index (χ0v) is 13.9. The van der Waals surface area contributed by atoms with E-state index in [1.165, 1.54) is 12.1 Å². The average Bonchev–Trinajstić information content (AvgIpc) is 2.92. The number of nitriles is 1. The van der Waals surface area contributed by atoms with E-state index < -0.39 is 4.92 Å². The first-order valence-electron chi connectivity index (χ1n) is 7.37. The van der Waals surface area contributed by atoms with Crippen LogP contribution in [0.3, 0.4) is 0 Å². The molecule has 0 saturated heterocycles. The van der Waals surface area contributed by atoms with Crippen molar-refractivity contribution in [3.63, 3.8) is 0 Å². The number of hydrogen-bond donors (Lipinski definition) is 0. The molecule has 0 radical (unpaired) electrons. The molecule has 7 heteroatoms. The Balaban J connectivity index is 2.35. The summed E-state index contributed by atoms with van der Waals surface area (Å²) in [5.41, 5.74) is 2.87. The van der Waals surface area contributed by atoms with Crippen molar-refractivity contribution in [1.29, 1.82) is 5.26 Å². The molecule has 0 spiro atoms. The number of ketones is 1. The summed E-state index contributed by atoms with van der Waals surface area (Å²) in [6, 6.07) is 13.3. The number of fused-ring (bicyclic) bond motifs is 1. The van der Waals surface area contributed by atoms with Crippen LogP contribution in [0.1, 0.15) is 21.6 Å². The second kappa shape index (κ2) is 6.38. The Labute approximate surface area is 148 Å². The van der Waals surface area contributed by atoms with Crippen molar-refractivity contribution >= 4 is 34.0 Å². The number of benzene rings is 2. The Morgan fingerprint density at radius 2 is 1.96 bits per heavy atom. The van der Waals surface area contributed by atoms with Gasteiger partial charge in [-0.05, 0) is 37.3 Å². The van der Waals surface area contributed by atoms with E-state index in [-0.39, 0.29) is 17.4 Å². The summed E-state index contributed by atoms with van der Waals surface area (Å²) >= 11 is 5.73. The number of nitro groups is 1. The zero-order chi connectivity index (χ0) is 18.1. The van der Waals surface area contributed by atoms with Crippen molar-refractivity contribution < 1.29 is 9.72 Å². The highest BCUT2D eigenvalue weighted by atomic mass is 35.5. The summed E-state index contributed by atoms with van der Waals surface area (Å²) < 4.78 is 1.83. The van der Waals surface area contributed by atoms with E-state index >= 15 is 0 Å². The van der Waals surface area contributed by atoms with Crippen molar-refractivity contribution in [3.8, 4) is 11.8 Å². The number of rotatable bonds is 4. The number of halogens is 1. The first kappa shape index (κ1) is 16.7. The molecule has 0 aliphatic heterocycles. The fraction of sp³-hybridized carbons (Fsp3) is 0.111. The molecule has 0 N–H and O–H groups in total. The number of Topliss-reactive ketones (excluding diaryl/α,β-unsaturated/α-hetero) is 1. The van der Waals surface area contributed by atoms with E-state index in [1.807, 2.05) is 4.57 Å². The first-order chi connectivity index (χ1) is 12.0. The molecule has 1 heterocycles. The largest absolute Gasteiger partial charge is 0.313 e. The molecule has 0 atom stereocenters. The predicted molar refractivity (Wildman–Crippen MR) is 94.4 cm³/mol. The Morgan fingerprint density at radius 1 is 1.28 bits per heavy atom. The zero-order valence-electron chi connectivity index (χ0n) is 13.2. The fourth-order valence-electron chi connectivity index (χ4n) is 2.96. The topological polar surface area (TPSA) is 88.9 Å². The van der Waals surface area contributed by atoms with E-state index in [4.69, 9.17) is 16.9 Å². The van der Waals surface area contributed by atoms with Gasteiger partial charge in [0.05, 0.1) is 28.0 Å². The molecule has 0 bridgehead atoms. The first-order valence-corrected chi connectivity index (χ1v) is 7.90. The van der Waals surface area contributed by atoms with Crippen LogP contribution in [0, 0.1) is 28.4 Å². The number of carbonyl (C=O) groups is 1. The van der Waals surface area contributed by atoms with Crippen LogP contribution in [0.4, 0.5) is 5.69 Å². The lowest BCUT2D eigenvalue weighted by molar-refractivity contribution is -0.384. The van der Waals surface area contributed by atoms with Crippen molar-refractivity contribution in [1.82, 2.24) is 4.57 Å². The standard InChI is InChI=1S/C18H12ClN3O3/c1-11-18(17(23)9-19)15-8-14(22(24)25)6-7-16(15)21(11)13-4-2-12(10-20)3-5-13/h2-8H,9H2,1H3. The number of alkyl halides is 1. The summed E-state index contributed by atoms with van der Waals surface area (Å²) in [6.45, 7) is 1.77. The van der Waals surface area contributed by atoms with E-state index in [0.717, 1.165) is 5.69 Å². The van der Waals surface area contributed by atoms with Gasteiger partial charge in [-0.15, -0.1) is 11.6 Å². The van der Waals surface area contributed by atoms with Crippen LogP contribution in [0.15, 0.2) is 42.5 Å². The third-order valence-electron chi connectivity index (χ3n) is 4.05. The average molecular weight is 354 g/mol. The Bertz CT molecular complexity index is 1050. The van der Waals surface area contributed by atoms with Gasteiger partial charge in [0.25, 0.3) is 5.69 Å². The lowest BCUT2D eigenvalue weighted by Crippen LogP contribution is -2.04. The fourth-order valence-corrected chi connectivity index (χ4v) is 3.09. The van der Waals surface area contributed by atoms with E-state index in [9.17, 15) is 14.9 Å². The molecule has 124 valence electrons. The van der Waals surface area contributed by atoms with E-state index in [1.54, 1.807) is 37.3 Å². The number of hydrogen-bond acceptors (Lipinski definition) is 4. The lowest BCUT2D eigenvalue weighted by atomic mass is 10.1. The van der Waals surface area contributed by atoms with Crippen molar-refractivity contribution in [3.05, 3.63) is 69.4 Å². The van der Waals surface area contributed by atoms with E-state index in [2.05, 4.69) is 6.07 Å². The maximum atomic E-state index is 12.3. The molecular formula is C18H12ClN3O3. The molecule has 25 heavy (non-hydrogen) atoms. The number of nitro benzene ring substituents is 1.